The van der Waals surface area contributed by atoms with Crippen molar-refractivity contribution < 1.29 is 17.9 Å². The number of hydrogen-bond acceptors (Lipinski definition) is 4. The number of ether oxygens (including phenoxy) is 1. The van der Waals surface area contributed by atoms with E-state index in [4.69, 9.17) is 17.0 Å². The Labute approximate surface area is 168 Å². The number of nitrogens with one attached hydrogen (secondary N) is 2. The zero-order valence-corrected chi connectivity index (χ0v) is 15.8. The average Bonchev–Trinajstić information content (AvgIpc) is 3.34. The van der Waals surface area contributed by atoms with Gasteiger partial charge in [0.1, 0.15) is 11.4 Å². The SMILES string of the molecule is COc1ccc(-c2cc(-c3n[nH]c(=S)n3-c3ccccc3C(F)(F)F)[nH]n2)cc1. The molecule has 0 bridgehead atoms. The molecule has 4 rings (SSSR count). The number of aromatic nitrogens is 5. The lowest BCUT2D eigenvalue weighted by Gasteiger charge is -2.14. The molecular formula is C19H14F3N5OS. The molecule has 0 aliphatic heterocycles. The van der Waals surface area contributed by atoms with Crippen LogP contribution in [0.2, 0.25) is 0 Å². The van der Waals surface area contributed by atoms with Crippen LogP contribution in [0.4, 0.5) is 13.2 Å². The van der Waals surface area contributed by atoms with Crippen molar-refractivity contribution in [2.75, 3.05) is 7.11 Å². The highest BCUT2D eigenvalue weighted by molar-refractivity contribution is 7.71. The van der Waals surface area contributed by atoms with Crippen LogP contribution >= 0.6 is 12.2 Å². The summed E-state index contributed by atoms with van der Waals surface area (Å²) >= 11 is 5.19. The van der Waals surface area contributed by atoms with E-state index >= 15 is 0 Å². The van der Waals surface area contributed by atoms with Crippen LogP contribution in [0, 0.1) is 4.77 Å². The van der Waals surface area contributed by atoms with E-state index in [1.807, 2.05) is 12.1 Å². The van der Waals surface area contributed by atoms with Crippen molar-refractivity contribution >= 4 is 12.2 Å². The van der Waals surface area contributed by atoms with Gasteiger partial charge in [-0.2, -0.15) is 23.4 Å². The molecule has 6 nitrogen and oxygen atoms in total. The molecule has 2 heterocycles. The van der Waals surface area contributed by atoms with Gasteiger partial charge in [-0.25, -0.2) is 0 Å². The van der Waals surface area contributed by atoms with E-state index in [0.717, 1.165) is 11.6 Å². The van der Waals surface area contributed by atoms with Gasteiger partial charge in [0.15, 0.2) is 10.6 Å². The Hall–Kier alpha value is -3.40. The van der Waals surface area contributed by atoms with Crippen LogP contribution in [0.1, 0.15) is 5.56 Å². The lowest BCUT2D eigenvalue weighted by Crippen LogP contribution is -2.11. The van der Waals surface area contributed by atoms with Crippen molar-refractivity contribution in [3.63, 3.8) is 0 Å². The van der Waals surface area contributed by atoms with Crippen LogP contribution in [-0.2, 0) is 6.18 Å². The van der Waals surface area contributed by atoms with E-state index in [1.165, 1.54) is 22.8 Å². The number of benzene rings is 2. The molecule has 0 amide bonds. The van der Waals surface area contributed by atoms with E-state index in [9.17, 15) is 13.2 Å². The molecule has 0 saturated heterocycles. The van der Waals surface area contributed by atoms with Crippen molar-refractivity contribution in [1.82, 2.24) is 25.0 Å². The normalized spacial score (nSPS) is 11.6. The van der Waals surface area contributed by atoms with Crippen molar-refractivity contribution in [2.24, 2.45) is 0 Å². The highest BCUT2D eigenvalue weighted by atomic mass is 32.1. The number of methoxy groups -OCH3 is 1. The smallest absolute Gasteiger partial charge is 0.418 e. The van der Waals surface area contributed by atoms with Gasteiger partial charge >= 0.3 is 6.18 Å². The van der Waals surface area contributed by atoms with Gasteiger partial charge in [0.25, 0.3) is 0 Å². The summed E-state index contributed by atoms with van der Waals surface area (Å²) in [4.78, 5) is 0. The summed E-state index contributed by atoms with van der Waals surface area (Å²) < 4.78 is 46.9. The molecular weight excluding hydrogens is 403 g/mol. The first kappa shape index (κ1) is 18.9. The third-order valence-electron chi connectivity index (χ3n) is 4.33. The predicted octanol–water partition coefficient (Wildman–Crippen LogP) is 5.01. The molecule has 0 saturated carbocycles. The van der Waals surface area contributed by atoms with Crippen molar-refractivity contribution in [3.8, 4) is 34.2 Å². The maximum atomic E-state index is 13.5. The van der Waals surface area contributed by atoms with Gasteiger partial charge in [-0.05, 0) is 54.7 Å². The van der Waals surface area contributed by atoms with Crippen molar-refractivity contribution in [1.29, 1.82) is 0 Å². The number of H-pyrrole nitrogens is 2. The molecule has 148 valence electrons. The predicted molar refractivity (Wildman–Crippen MR) is 103 cm³/mol. The standard InChI is InChI=1S/C19H14F3N5OS/c1-28-12-8-6-11(7-9-12)14-10-15(24-23-14)17-25-26-18(29)27(17)16-5-3-2-4-13(16)19(20,21)22/h2-10H,1H3,(H,23,24)(H,26,29). The molecule has 0 unspecified atom stereocenters. The number of para-hydroxylation sites is 1. The molecule has 2 aromatic heterocycles. The summed E-state index contributed by atoms with van der Waals surface area (Å²) in [7, 11) is 1.57. The van der Waals surface area contributed by atoms with Gasteiger partial charge in [0.2, 0.25) is 0 Å². The van der Waals surface area contributed by atoms with Gasteiger partial charge in [0.05, 0.1) is 24.1 Å². The summed E-state index contributed by atoms with van der Waals surface area (Å²) in [6, 6.07) is 14.1. The maximum Gasteiger partial charge on any atom is 0.418 e. The molecule has 0 spiro atoms. The van der Waals surface area contributed by atoms with Gasteiger partial charge in [-0.3, -0.25) is 14.8 Å². The molecule has 4 aromatic rings. The minimum atomic E-state index is -4.54. The van der Waals surface area contributed by atoms with E-state index in [2.05, 4.69) is 20.4 Å². The number of halogens is 3. The first-order chi connectivity index (χ1) is 13.9. The molecule has 2 N–H and O–H groups in total. The fraction of sp³-hybridized carbons (Fsp3) is 0.105. The molecule has 0 atom stereocenters. The zero-order valence-electron chi connectivity index (χ0n) is 15.0. The molecule has 29 heavy (non-hydrogen) atoms. The third kappa shape index (κ3) is 3.54. The molecule has 0 aliphatic carbocycles. The Kier molecular flexibility index (Phi) is 4.71. The lowest BCUT2D eigenvalue weighted by molar-refractivity contribution is -0.137. The topological polar surface area (TPSA) is 71.5 Å². The van der Waals surface area contributed by atoms with E-state index in [1.54, 1.807) is 25.3 Å². The molecule has 2 aromatic carbocycles. The van der Waals surface area contributed by atoms with Crippen molar-refractivity contribution in [3.05, 3.63) is 64.9 Å². The van der Waals surface area contributed by atoms with Gasteiger partial charge in [-0.1, -0.05) is 12.1 Å². The van der Waals surface area contributed by atoms with Gasteiger partial charge < -0.3 is 4.74 Å². The van der Waals surface area contributed by atoms with Crippen LogP contribution in [0.5, 0.6) is 5.75 Å². The average molecular weight is 417 g/mol. The molecule has 0 fully saturated rings. The summed E-state index contributed by atoms with van der Waals surface area (Å²) in [5.74, 6) is 0.896. The summed E-state index contributed by atoms with van der Waals surface area (Å²) in [5.41, 5.74) is 0.903. The van der Waals surface area contributed by atoms with E-state index in [-0.39, 0.29) is 16.3 Å². The quantitative estimate of drug-likeness (QED) is 0.458. The fourth-order valence-electron chi connectivity index (χ4n) is 2.96. The minimum absolute atomic E-state index is 0.0392. The number of nitrogens with zero attached hydrogens (tertiary/aromatic N) is 3. The Bertz CT molecular complexity index is 1210. The Morgan fingerprint density at radius 1 is 1.00 bits per heavy atom. The summed E-state index contributed by atoms with van der Waals surface area (Å²) in [6.45, 7) is 0. The first-order valence-corrected chi connectivity index (χ1v) is 8.83. The number of alkyl halides is 3. The van der Waals surface area contributed by atoms with E-state index < -0.39 is 11.7 Å². The highest BCUT2D eigenvalue weighted by Gasteiger charge is 2.34. The monoisotopic (exact) mass is 417 g/mol. The zero-order chi connectivity index (χ0) is 20.6. The van der Waals surface area contributed by atoms with Crippen LogP contribution in [0.3, 0.4) is 0 Å². The van der Waals surface area contributed by atoms with Gasteiger partial charge in [-0.15, -0.1) is 0 Å². The summed E-state index contributed by atoms with van der Waals surface area (Å²) in [5, 5.41) is 13.7. The molecule has 0 radical (unpaired) electrons. The van der Waals surface area contributed by atoms with Crippen molar-refractivity contribution in [2.45, 2.75) is 6.18 Å². The highest BCUT2D eigenvalue weighted by Crippen LogP contribution is 2.35. The van der Waals surface area contributed by atoms with Crippen LogP contribution < -0.4 is 4.74 Å². The fourth-order valence-corrected chi connectivity index (χ4v) is 3.19. The minimum Gasteiger partial charge on any atom is -0.497 e. The number of hydrogen-bond donors (Lipinski definition) is 2. The Morgan fingerprint density at radius 2 is 1.72 bits per heavy atom. The summed E-state index contributed by atoms with van der Waals surface area (Å²) in [6.07, 6.45) is -4.54. The number of rotatable bonds is 4. The number of aromatic amines is 2. The van der Waals surface area contributed by atoms with Crippen LogP contribution in [-0.4, -0.2) is 32.1 Å². The second kappa shape index (κ2) is 7.21. The van der Waals surface area contributed by atoms with Crippen LogP contribution in [0.15, 0.2) is 54.6 Å². The Morgan fingerprint density at radius 3 is 2.41 bits per heavy atom. The van der Waals surface area contributed by atoms with Gasteiger partial charge in [0, 0.05) is 5.56 Å². The second-order valence-electron chi connectivity index (χ2n) is 6.10. The maximum absolute atomic E-state index is 13.5. The molecule has 0 aliphatic rings. The third-order valence-corrected chi connectivity index (χ3v) is 4.60. The van der Waals surface area contributed by atoms with E-state index in [0.29, 0.717) is 17.1 Å². The molecule has 10 heteroatoms. The lowest BCUT2D eigenvalue weighted by atomic mass is 10.1. The van der Waals surface area contributed by atoms with Crippen LogP contribution in [0.25, 0.3) is 28.5 Å². The first-order valence-electron chi connectivity index (χ1n) is 8.42. The largest absolute Gasteiger partial charge is 0.497 e. The Balaban J connectivity index is 1.80. The second-order valence-corrected chi connectivity index (χ2v) is 6.48.